The zero-order valence-corrected chi connectivity index (χ0v) is 24.4. The highest BCUT2D eigenvalue weighted by Crippen LogP contribution is 2.44. The summed E-state index contributed by atoms with van der Waals surface area (Å²) in [4.78, 5) is 29.4. The predicted octanol–water partition coefficient (Wildman–Crippen LogP) is 3.65. The van der Waals surface area contributed by atoms with Gasteiger partial charge in [0, 0.05) is 31.6 Å². The fraction of sp³-hybridized carbons (Fsp3) is 0.400. The molecule has 3 fully saturated rings. The summed E-state index contributed by atoms with van der Waals surface area (Å²) in [5.74, 6) is -0.898. The second-order valence-electron chi connectivity index (χ2n) is 11.2. The maximum atomic E-state index is 13.9. The Bertz CT molecular complexity index is 1590. The first kappa shape index (κ1) is 28.1. The average molecular weight is 598 g/mol. The SMILES string of the molecule is CC(=O)OCC12CN(S(=O)(=O)c3ccc4cc(Cl)ccc4c3)CC(=O)N1CC1(CCN(Cc3ccccc3)CC1)O2. The van der Waals surface area contributed by atoms with Gasteiger partial charge in [-0.2, -0.15) is 4.31 Å². The van der Waals surface area contributed by atoms with Crippen molar-refractivity contribution in [3.63, 3.8) is 0 Å². The van der Waals surface area contributed by atoms with E-state index >= 15 is 0 Å². The van der Waals surface area contributed by atoms with Gasteiger partial charge in [0.25, 0.3) is 0 Å². The quantitative estimate of drug-likeness (QED) is 0.400. The molecule has 3 aliphatic heterocycles. The van der Waals surface area contributed by atoms with E-state index in [1.54, 1.807) is 35.2 Å². The minimum atomic E-state index is -4.07. The standard InChI is InChI=1S/C30H32ClN3O6S/c1-22(35)39-21-30-20-33(41(37,38)27-10-8-24-15-26(31)9-7-25(24)16-27)18-28(36)34(30)19-29(40-30)11-13-32(14-12-29)17-23-5-3-2-4-6-23/h2-10,15-16H,11-14,17-21H2,1H3. The molecule has 3 saturated heterocycles. The molecule has 0 radical (unpaired) electrons. The summed E-state index contributed by atoms with van der Waals surface area (Å²) in [5.41, 5.74) is -0.822. The number of rotatable bonds is 6. The van der Waals surface area contributed by atoms with Gasteiger partial charge in [0.15, 0.2) is 5.72 Å². The molecular formula is C30H32ClN3O6S. The number of hydrogen-bond acceptors (Lipinski definition) is 7. The van der Waals surface area contributed by atoms with Crippen LogP contribution in [0.25, 0.3) is 10.8 Å². The number of hydrogen-bond donors (Lipinski definition) is 0. The van der Waals surface area contributed by atoms with E-state index in [0.717, 1.165) is 29.3 Å². The van der Waals surface area contributed by atoms with Crippen LogP contribution in [0.15, 0.2) is 71.6 Å². The number of piperazine rings is 1. The minimum Gasteiger partial charge on any atom is -0.461 e. The van der Waals surface area contributed by atoms with Gasteiger partial charge in [0.2, 0.25) is 15.9 Å². The largest absolute Gasteiger partial charge is 0.461 e. The Morgan fingerprint density at radius 3 is 2.44 bits per heavy atom. The summed E-state index contributed by atoms with van der Waals surface area (Å²) in [6.45, 7) is 3.28. The third-order valence-corrected chi connectivity index (χ3v) is 10.3. The molecule has 1 atom stereocenters. The first-order valence-electron chi connectivity index (χ1n) is 13.7. The number of amides is 1. The van der Waals surface area contributed by atoms with Crippen LogP contribution in [0.3, 0.4) is 0 Å². The molecule has 216 valence electrons. The van der Waals surface area contributed by atoms with Crippen molar-refractivity contribution in [3.8, 4) is 0 Å². The van der Waals surface area contributed by atoms with E-state index in [2.05, 4.69) is 17.0 Å². The second kappa shape index (κ2) is 10.7. The van der Waals surface area contributed by atoms with Crippen molar-refractivity contribution in [1.82, 2.24) is 14.1 Å². The number of piperidine rings is 1. The number of carbonyl (C=O) groups is 2. The van der Waals surface area contributed by atoms with Gasteiger partial charge in [-0.05, 0) is 53.4 Å². The molecule has 3 aromatic carbocycles. The number of halogens is 1. The Hall–Kier alpha value is -3.02. The lowest BCUT2D eigenvalue weighted by molar-refractivity contribution is -0.203. The van der Waals surface area contributed by atoms with Crippen LogP contribution in [0, 0.1) is 0 Å². The average Bonchev–Trinajstić information content (AvgIpc) is 3.28. The number of likely N-dealkylation sites (tertiary alicyclic amines) is 1. The van der Waals surface area contributed by atoms with Crippen molar-refractivity contribution in [2.24, 2.45) is 0 Å². The molecule has 0 N–H and O–H groups in total. The third kappa shape index (κ3) is 5.47. The number of carbonyl (C=O) groups excluding carboxylic acids is 2. The van der Waals surface area contributed by atoms with Crippen LogP contribution in [-0.4, -0.2) is 85.1 Å². The Balaban J connectivity index is 1.25. The summed E-state index contributed by atoms with van der Waals surface area (Å²) in [5, 5.41) is 2.08. The van der Waals surface area contributed by atoms with Crippen LogP contribution in [0.1, 0.15) is 25.3 Å². The van der Waals surface area contributed by atoms with E-state index in [9.17, 15) is 18.0 Å². The highest BCUT2D eigenvalue weighted by atomic mass is 35.5. The monoisotopic (exact) mass is 597 g/mol. The number of ether oxygens (including phenoxy) is 2. The van der Waals surface area contributed by atoms with Gasteiger partial charge >= 0.3 is 5.97 Å². The van der Waals surface area contributed by atoms with E-state index in [4.69, 9.17) is 21.1 Å². The van der Waals surface area contributed by atoms with Crippen molar-refractivity contribution < 1.29 is 27.5 Å². The topological polar surface area (TPSA) is 96.5 Å². The molecule has 0 bridgehead atoms. The fourth-order valence-corrected chi connectivity index (χ4v) is 7.83. The van der Waals surface area contributed by atoms with Crippen LogP contribution < -0.4 is 0 Å². The normalized spacial score (nSPS) is 23.2. The molecule has 41 heavy (non-hydrogen) atoms. The van der Waals surface area contributed by atoms with Crippen LogP contribution in [0.2, 0.25) is 5.02 Å². The molecule has 6 rings (SSSR count). The third-order valence-electron chi connectivity index (χ3n) is 8.31. The molecule has 11 heteroatoms. The van der Waals surface area contributed by atoms with E-state index < -0.39 is 27.3 Å². The molecule has 3 heterocycles. The number of esters is 1. The van der Waals surface area contributed by atoms with Crippen LogP contribution in [-0.2, 0) is 35.6 Å². The molecule has 1 unspecified atom stereocenters. The van der Waals surface area contributed by atoms with Gasteiger partial charge < -0.3 is 14.4 Å². The number of fused-ring (bicyclic) bond motifs is 2. The highest BCUT2D eigenvalue weighted by molar-refractivity contribution is 7.89. The van der Waals surface area contributed by atoms with Crippen molar-refractivity contribution in [2.45, 2.75) is 42.5 Å². The predicted molar refractivity (Wildman–Crippen MR) is 154 cm³/mol. The van der Waals surface area contributed by atoms with Gasteiger partial charge in [0.1, 0.15) is 6.61 Å². The molecule has 1 amide bonds. The van der Waals surface area contributed by atoms with Gasteiger partial charge in [-0.3, -0.25) is 14.5 Å². The van der Waals surface area contributed by atoms with E-state index in [0.29, 0.717) is 29.8 Å². The van der Waals surface area contributed by atoms with Crippen LogP contribution in [0.4, 0.5) is 0 Å². The Morgan fingerprint density at radius 2 is 1.71 bits per heavy atom. The molecule has 0 saturated carbocycles. The van der Waals surface area contributed by atoms with Gasteiger partial charge in [0.05, 0.1) is 30.1 Å². The highest BCUT2D eigenvalue weighted by Gasteiger charge is 2.61. The Morgan fingerprint density at radius 1 is 1.00 bits per heavy atom. The fourth-order valence-electron chi connectivity index (χ4n) is 6.19. The molecule has 0 aliphatic carbocycles. The minimum absolute atomic E-state index is 0.0677. The first-order chi connectivity index (χ1) is 19.6. The maximum absolute atomic E-state index is 13.9. The summed E-state index contributed by atoms with van der Waals surface area (Å²) < 4.78 is 41.0. The van der Waals surface area contributed by atoms with Crippen molar-refractivity contribution in [1.29, 1.82) is 0 Å². The second-order valence-corrected chi connectivity index (χ2v) is 13.6. The smallest absolute Gasteiger partial charge is 0.302 e. The van der Waals surface area contributed by atoms with E-state index in [-0.39, 0.29) is 30.5 Å². The van der Waals surface area contributed by atoms with Crippen molar-refractivity contribution >= 4 is 44.3 Å². The van der Waals surface area contributed by atoms with Gasteiger partial charge in [-0.15, -0.1) is 0 Å². The lowest BCUT2D eigenvalue weighted by Gasteiger charge is -2.44. The Kier molecular flexibility index (Phi) is 7.32. The van der Waals surface area contributed by atoms with Crippen molar-refractivity contribution in [2.75, 3.05) is 39.3 Å². The summed E-state index contributed by atoms with van der Waals surface area (Å²) >= 11 is 6.09. The van der Waals surface area contributed by atoms with E-state index in [1.807, 2.05) is 18.2 Å². The maximum Gasteiger partial charge on any atom is 0.302 e. The number of nitrogens with zero attached hydrogens (tertiary/aromatic N) is 3. The number of benzene rings is 3. The zero-order chi connectivity index (χ0) is 28.8. The summed E-state index contributed by atoms with van der Waals surface area (Å²) in [6.07, 6.45) is 1.34. The molecule has 3 aliphatic rings. The molecule has 1 spiro atoms. The van der Waals surface area contributed by atoms with Gasteiger partial charge in [-0.25, -0.2) is 8.42 Å². The molecule has 3 aromatic rings. The Labute approximate surface area is 244 Å². The van der Waals surface area contributed by atoms with E-state index in [1.165, 1.54) is 18.6 Å². The van der Waals surface area contributed by atoms with Crippen molar-refractivity contribution in [3.05, 3.63) is 77.3 Å². The molecule has 9 nitrogen and oxygen atoms in total. The van der Waals surface area contributed by atoms with Crippen LogP contribution in [0.5, 0.6) is 0 Å². The lowest BCUT2D eigenvalue weighted by Crippen LogP contribution is -2.65. The summed E-state index contributed by atoms with van der Waals surface area (Å²) in [6, 6.07) is 20.3. The lowest BCUT2D eigenvalue weighted by atomic mass is 9.91. The molecular weight excluding hydrogens is 566 g/mol. The van der Waals surface area contributed by atoms with Gasteiger partial charge in [-0.1, -0.05) is 54.1 Å². The van der Waals surface area contributed by atoms with Crippen LogP contribution >= 0.6 is 11.6 Å². The number of sulfonamides is 1. The summed E-state index contributed by atoms with van der Waals surface area (Å²) in [7, 11) is -4.07. The molecule has 0 aromatic heterocycles. The first-order valence-corrected chi connectivity index (χ1v) is 15.5. The zero-order valence-electron chi connectivity index (χ0n) is 22.8.